The zero-order chi connectivity index (χ0) is 20.6. The van der Waals surface area contributed by atoms with Crippen molar-refractivity contribution in [2.45, 2.75) is 31.1 Å². The van der Waals surface area contributed by atoms with Crippen molar-refractivity contribution in [2.75, 3.05) is 18.5 Å². The molecule has 0 unspecified atom stereocenters. The predicted molar refractivity (Wildman–Crippen MR) is 112 cm³/mol. The van der Waals surface area contributed by atoms with Crippen LogP contribution in [0.4, 0.5) is 5.69 Å². The van der Waals surface area contributed by atoms with E-state index >= 15 is 0 Å². The number of halogens is 2. The van der Waals surface area contributed by atoms with Crippen LogP contribution < -0.4 is 14.8 Å². The maximum absolute atomic E-state index is 12.0. The molecule has 2 rings (SSSR count). The minimum absolute atomic E-state index is 0.159. The molecule has 152 valence electrons. The molecule has 0 atom stereocenters. The second-order valence-electron chi connectivity index (χ2n) is 6.00. The number of hydrogen-bond acceptors (Lipinski definition) is 4. The molecule has 28 heavy (non-hydrogen) atoms. The molecule has 2 aromatic carbocycles. The van der Waals surface area contributed by atoms with Crippen LogP contribution in [0.1, 0.15) is 26.2 Å². The maximum atomic E-state index is 12.0. The SMILES string of the molecule is CCCNS(=O)(=O)c1ccc(NC(=O)CCCOc2ccc(Cl)cc2Cl)cc1. The van der Waals surface area contributed by atoms with Gasteiger partial charge in [-0.05, 0) is 55.3 Å². The van der Waals surface area contributed by atoms with Crippen LogP contribution in [-0.4, -0.2) is 27.5 Å². The summed E-state index contributed by atoms with van der Waals surface area (Å²) in [6.45, 7) is 2.59. The molecule has 0 aromatic heterocycles. The molecule has 0 bridgehead atoms. The van der Waals surface area contributed by atoms with Crippen molar-refractivity contribution >= 4 is 44.8 Å². The second-order valence-corrected chi connectivity index (χ2v) is 8.61. The Morgan fingerprint density at radius 3 is 2.46 bits per heavy atom. The first-order chi connectivity index (χ1) is 13.3. The van der Waals surface area contributed by atoms with Crippen molar-refractivity contribution in [2.24, 2.45) is 0 Å². The Bertz CT molecular complexity index is 903. The van der Waals surface area contributed by atoms with E-state index in [0.29, 0.717) is 47.5 Å². The fraction of sp³-hybridized carbons (Fsp3) is 0.316. The second kappa shape index (κ2) is 10.7. The van der Waals surface area contributed by atoms with Gasteiger partial charge in [-0.15, -0.1) is 0 Å². The highest BCUT2D eigenvalue weighted by atomic mass is 35.5. The Balaban J connectivity index is 1.78. The van der Waals surface area contributed by atoms with Crippen LogP contribution in [0.3, 0.4) is 0 Å². The molecule has 2 N–H and O–H groups in total. The van der Waals surface area contributed by atoms with Gasteiger partial charge in [-0.3, -0.25) is 4.79 Å². The van der Waals surface area contributed by atoms with Crippen molar-refractivity contribution in [3.05, 3.63) is 52.5 Å². The van der Waals surface area contributed by atoms with Crippen molar-refractivity contribution in [3.8, 4) is 5.75 Å². The van der Waals surface area contributed by atoms with Gasteiger partial charge in [0.05, 0.1) is 16.5 Å². The summed E-state index contributed by atoms with van der Waals surface area (Å²) in [4.78, 5) is 12.2. The summed E-state index contributed by atoms with van der Waals surface area (Å²) >= 11 is 11.8. The van der Waals surface area contributed by atoms with E-state index in [2.05, 4.69) is 10.0 Å². The fourth-order valence-corrected chi connectivity index (χ4v) is 3.86. The summed E-state index contributed by atoms with van der Waals surface area (Å²) in [6.07, 6.45) is 1.46. The molecule has 2 aromatic rings. The molecule has 0 saturated heterocycles. The lowest BCUT2D eigenvalue weighted by molar-refractivity contribution is -0.116. The normalized spacial score (nSPS) is 11.2. The van der Waals surface area contributed by atoms with E-state index in [0.717, 1.165) is 0 Å². The lowest BCUT2D eigenvalue weighted by atomic mass is 10.2. The van der Waals surface area contributed by atoms with E-state index in [1.807, 2.05) is 6.92 Å². The number of carbonyl (C=O) groups is 1. The summed E-state index contributed by atoms with van der Waals surface area (Å²) in [5, 5.41) is 3.67. The number of amides is 1. The molecular weight excluding hydrogens is 423 g/mol. The molecule has 0 radical (unpaired) electrons. The van der Waals surface area contributed by atoms with Crippen LogP contribution in [0.2, 0.25) is 10.0 Å². The Hall–Kier alpha value is -1.80. The van der Waals surface area contributed by atoms with Crippen LogP contribution in [0.5, 0.6) is 5.75 Å². The zero-order valence-electron chi connectivity index (χ0n) is 15.4. The van der Waals surface area contributed by atoms with Crippen molar-refractivity contribution < 1.29 is 17.9 Å². The van der Waals surface area contributed by atoms with Gasteiger partial charge >= 0.3 is 0 Å². The minimum Gasteiger partial charge on any atom is -0.492 e. The van der Waals surface area contributed by atoms with Crippen molar-refractivity contribution in [1.29, 1.82) is 0 Å². The van der Waals surface area contributed by atoms with Crippen LogP contribution >= 0.6 is 23.2 Å². The zero-order valence-corrected chi connectivity index (χ0v) is 17.7. The van der Waals surface area contributed by atoms with Crippen LogP contribution in [0.25, 0.3) is 0 Å². The molecular formula is C19H22Cl2N2O4S. The number of ether oxygens (including phenoxy) is 1. The minimum atomic E-state index is -3.52. The van der Waals surface area contributed by atoms with Gasteiger partial charge < -0.3 is 10.1 Å². The third-order valence-electron chi connectivity index (χ3n) is 3.69. The molecule has 0 saturated carbocycles. The van der Waals surface area contributed by atoms with Crippen molar-refractivity contribution in [1.82, 2.24) is 4.72 Å². The third-order valence-corrected chi connectivity index (χ3v) is 5.70. The lowest BCUT2D eigenvalue weighted by Gasteiger charge is -2.09. The lowest BCUT2D eigenvalue weighted by Crippen LogP contribution is -2.24. The molecule has 0 aliphatic rings. The number of carbonyl (C=O) groups excluding carboxylic acids is 1. The molecule has 0 aliphatic carbocycles. The van der Waals surface area contributed by atoms with E-state index in [1.54, 1.807) is 30.3 Å². The van der Waals surface area contributed by atoms with E-state index in [9.17, 15) is 13.2 Å². The van der Waals surface area contributed by atoms with Crippen LogP contribution in [0.15, 0.2) is 47.4 Å². The van der Waals surface area contributed by atoms with Gasteiger partial charge in [0.15, 0.2) is 0 Å². The fourth-order valence-electron chi connectivity index (χ4n) is 2.27. The molecule has 0 spiro atoms. The number of anilines is 1. The summed E-state index contributed by atoms with van der Waals surface area (Å²) < 4.78 is 32.1. The quantitative estimate of drug-likeness (QED) is 0.529. The van der Waals surface area contributed by atoms with E-state index in [1.165, 1.54) is 12.1 Å². The molecule has 9 heteroatoms. The maximum Gasteiger partial charge on any atom is 0.240 e. The Labute approximate surface area is 175 Å². The van der Waals surface area contributed by atoms with Gasteiger partial charge in [0, 0.05) is 23.7 Å². The number of rotatable bonds is 10. The smallest absolute Gasteiger partial charge is 0.240 e. The highest BCUT2D eigenvalue weighted by molar-refractivity contribution is 7.89. The topological polar surface area (TPSA) is 84.5 Å². The molecule has 1 amide bonds. The van der Waals surface area contributed by atoms with Gasteiger partial charge in [0.25, 0.3) is 0 Å². The van der Waals surface area contributed by atoms with E-state index in [4.69, 9.17) is 27.9 Å². The third kappa shape index (κ3) is 6.98. The average Bonchev–Trinajstić information content (AvgIpc) is 2.65. The van der Waals surface area contributed by atoms with Crippen LogP contribution in [0, 0.1) is 0 Å². The summed E-state index contributed by atoms with van der Waals surface area (Å²) in [5.74, 6) is 0.325. The molecule has 0 fully saturated rings. The first-order valence-corrected chi connectivity index (χ1v) is 11.0. The standard InChI is InChI=1S/C19H22Cl2N2O4S/c1-2-11-22-28(25,26)16-8-6-15(7-9-16)23-19(24)4-3-12-27-18-10-5-14(20)13-17(18)21/h5-10,13,22H,2-4,11-12H2,1H3,(H,23,24). The Kier molecular flexibility index (Phi) is 8.57. The monoisotopic (exact) mass is 444 g/mol. The summed E-state index contributed by atoms with van der Waals surface area (Å²) in [5.41, 5.74) is 0.529. The molecule has 0 aliphatic heterocycles. The highest BCUT2D eigenvalue weighted by Gasteiger charge is 2.13. The van der Waals surface area contributed by atoms with Gasteiger partial charge in [-0.25, -0.2) is 13.1 Å². The van der Waals surface area contributed by atoms with Crippen LogP contribution in [-0.2, 0) is 14.8 Å². The summed E-state index contributed by atoms with van der Waals surface area (Å²) in [6, 6.07) is 11.0. The average molecular weight is 445 g/mol. The predicted octanol–water partition coefficient (Wildman–Crippen LogP) is 4.48. The first kappa shape index (κ1) is 22.5. The number of sulfonamides is 1. The first-order valence-electron chi connectivity index (χ1n) is 8.79. The van der Waals surface area contributed by atoms with Gasteiger partial charge in [0.2, 0.25) is 15.9 Å². The number of benzene rings is 2. The van der Waals surface area contributed by atoms with E-state index < -0.39 is 10.0 Å². The largest absolute Gasteiger partial charge is 0.492 e. The van der Waals surface area contributed by atoms with Crippen molar-refractivity contribution in [3.63, 3.8) is 0 Å². The van der Waals surface area contributed by atoms with E-state index in [-0.39, 0.29) is 17.2 Å². The van der Waals surface area contributed by atoms with Gasteiger partial charge in [-0.2, -0.15) is 0 Å². The summed E-state index contributed by atoms with van der Waals surface area (Å²) in [7, 11) is -3.52. The van der Waals surface area contributed by atoms with Gasteiger partial charge in [-0.1, -0.05) is 30.1 Å². The highest BCUT2D eigenvalue weighted by Crippen LogP contribution is 2.27. The molecule has 6 nitrogen and oxygen atoms in total. The Morgan fingerprint density at radius 1 is 1.11 bits per heavy atom. The number of hydrogen-bond donors (Lipinski definition) is 2. The number of nitrogens with one attached hydrogen (secondary N) is 2. The Morgan fingerprint density at radius 2 is 1.82 bits per heavy atom. The molecule has 0 heterocycles. The van der Waals surface area contributed by atoms with Gasteiger partial charge in [0.1, 0.15) is 5.75 Å².